The fraction of sp³-hybridized carbons (Fsp3) is 0.289. The van der Waals surface area contributed by atoms with Crippen LogP contribution in [0.25, 0.3) is 21.5 Å². The molecule has 0 spiro atoms. The number of rotatable bonds is 5. The molecule has 2 aliphatic rings. The van der Waals surface area contributed by atoms with E-state index in [9.17, 15) is 5.11 Å². The van der Waals surface area contributed by atoms with Crippen LogP contribution >= 0.6 is 0 Å². The molecule has 40 heavy (non-hydrogen) atoms. The SMILES string of the molecule is C[C@@H](N=C1C[C@H]2CC[C@]1(C(O)(c1ccc3ccccc3c1)c1ccc3ccccc3c1)C2(C)C)c1ccccc1. The zero-order chi connectivity index (χ0) is 27.5. The maximum absolute atomic E-state index is 13.7. The molecule has 0 unspecified atom stereocenters. The lowest BCUT2D eigenvalue weighted by atomic mass is 9.54. The maximum atomic E-state index is 13.7. The first-order chi connectivity index (χ1) is 19.3. The van der Waals surface area contributed by atoms with Gasteiger partial charge in [0.15, 0.2) is 0 Å². The van der Waals surface area contributed by atoms with E-state index < -0.39 is 11.0 Å². The molecule has 1 N–H and O–H groups in total. The van der Waals surface area contributed by atoms with Gasteiger partial charge in [-0.2, -0.15) is 0 Å². The highest BCUT2D eigenvalue weighted by atomic mass is 16.3. The van der Waals surface area contributed by atoms with Gasteiger partial charge < -0.3 is 5.11 Å². The van der Waals surface area contributed by atoms with Crippen molar-refractivity contribution in [1.29, 1.82) is 0 Å². The molecule has 0 aliphatic heterocycles. The van der Waals surface area contributed by atoms with Crippen LogP contribution in [0.15, 0.2) is 120 Å². The largest absolute Gasteiger partial charge is 0.379 e. The summed E-state index contributed by atoms with van der Waals surface area (Å²) in [6.07, 6.45) is 2.96. The summed E-state index contributed by atoms with van der Waals surface area (Å²) in [5, 5.41) is 18.3. The molecule has 2 aliphatic carbocycles. The Labute approximate surface area is 237 Å². The van der Waals surface area contributed by atoms with Crippen molar-refractivity contribution < 1.29 is 5.11 Å². The second-order valence-electron chi connectivity index (χ2n) is 12.6. The standard InChI is InChI=1S/C38H37NO/c1-26(27-11-5-4-6-12-27)39-35-25-32-21-22-37(35,36(32,2)3)38(40,33-19-17-28-13-7-9-15-30(28)23-33)34-20-18-29-14-8-10-16-31(29)24-34/h4-20,23-24,26,32,40H,21-22,25H2,1-3H3/t26-,32-,37-/m1/s1. The summed E-state index contributed by atoms with van der Waals surface area (Å²) in [6.45, 7) is 6.96. The van der Waals surface area contributed by atoms with Crippen LogP contribution in [0.3, 0.4) is 0 Å². The molecule has 0 aromatic heterocycles. The fourth-order valence-corrected chi connectivity index (χ4v) is 8.25. The molecule has 200 valence electrons. The minimum atomic E-state index is -1.24. The van der Waals surface area contributed by atoms with Gasteiger partial charge in [-0.15, -0.1) is 0 Å². The first-order valence-electron chi connectivity index (χ1n) is 14.7. The molecule has 2 saturated carbocycles. The molecule has 2 fully saturated rings. The van der Waals surface area contributed by atoms with Gasteiger partial charge in [-0.05, 0) is 87.9 Å². The van der Waals surface area contributed by atoms with Crippen LogP contribution in [0.4, 0.5) is 0 Å². The van der Waals surface area contributed by atoms with E-state index >= 15 is 0 Å². The van der Waals surface area contributed by atoms with Gasteiger partial charge in [0.05, 0.1) is 11.5 Å². The summed E-state index contributed by atoms with van der Waals surface area (Å²) in [5.74, 6) is 0.488. The molecule has 0 radical (unpaired) electrons. The Balaban J connectivity index is 1.51. The number of aliphatic hydroxyl groups is 1. The third-order valence-corrected chi connectivity index (χ3v) is 10.5. The molecule has 0 amide bonds. The van der Waals surface area contributed by atoms with Crippen molar-refractivity contribution >= 4 is 27.3 Å². The number of nitrogens with zero attached hydrogens (tertiary/aromatic N) is 1. The molecule has 0 heterocycles. The summed E-state index contributed by atoms with van der Waals surface area (Å²) < 4.78 is 0. The van der Waals surface area contributed by atoms with E-state index in [-0.39, 0.29) is 11.5 Å². The Kier molecular flexibility index (Phi) is 5.77. The van der Waals surface area contributed by atoms with Crippen molar-refractivity contribution in [3.63, 3.8) is 0 Å². The van der Waals surface area contributed by atoms with Gasteiger partial charge in [-0.3, -0.25) is 4.99 Å². The van der Waals surface area contributed by atoms with Crippen molar-refractivity contribution in [2.75, 3.05) is 0 Å². The smallest absolute Gasteiger partial charge is 0.126 e. The van der Waals surface area contributed by atoms with Gasteiger partial charge in [0.1, 0.15) is 5.60 Å². The van der Waals surface area contributed by atoms with E-state index in [0.29, 0.717) is 5.92 Å². The van der Waals surface area contributed by atoms with Crippen molar-refractivity contribution in [3.05, 3.63) is 132 Å². The van der Waals surface area contributed by atoms with Gasteiger partial charge in [0.2, 0.25) is 0 Å². The Morgan fingerprint density at radius 2 is 1.25 bits per heavy atom. The predicted molar refractivity (Wildman–Crippen MR) is 167 cm³/mol. The zero-order valence-electron chi connectivity index (χ0n) is 23.6. The molecule has 7 rings (SSSR count). The predicted octanol–water partition coefficient (Wildman–Crippen LogP) is 9.26. The lowest BCUT2D eigenvalue weighted by Crippen LogP contribution is -2.55. The number of hydrogen-bond acceptors (Lipinski definition) is 2. The quantitative estimate of drug-likeness (QED) is 0.245. The first-order valence-corrected chi connectivity index (χ1v) is 14.7. The molecule has 2 bridgehead atoms. The topological polar surface area (TPSA) is 32.6 Å². The lowest BCUT2D eigenvalue weighted by molar-refractivity contribution is -0.0630. The van der Waals surface area contributed by atoms with Crippen LogP contribution in [-0.4, -0.2) is 10.8 Å². The Morgan fingerprint density at radius 3 is 1.80 bits per heavy atom. The van der Waals surface area contributed by atoms with Gasteiger partial charge in [0.25, 0.3) is 0 Å². The fourth-order valence-electron chi connectivity index (χ4n) is 8.25. The average molecular weight is 524 g/mol. The molecule has 2 nitrogen and oxygen atoms in total. The molecular weight excluding hydrogens is 486 g/mol. The van der Waals surface area contributed by atoms with E-state index in [1.807, 2.05) is 0 Å². The van der Waals surface area contributed by atoms with Crippen LogP contribution in [0, 0.1) is 16.7 Å². The van der Waals surface area contributed by atoms with E-state index in [2.05, 4.69) is 136 Å². The van der Waals surface area contributed by atoms with Gasteiger partial charge >= 0.3 is 0 Å². The molecular formula is C38H37NO. The molecule has 5 aromatic carbocycles. The highest BCUT2D eigenvalue weighted by Crippen LogP contribution is 2.72. The van der Waals surface area contributed by atoms with E-state index in [1.165, 1.54) is 22.0 Å². The third-order valence-electron chi connectivity index (χ3n) is 10.5. The van der Waals surface area contributed by atoms with Crippen LogP contribution in [0.1, 0.15) is 62.8 Å². The summed E-state index contributed by atoms with van der Waals surface area (Å²) >= 11 is 0. The minimum Gasteiger partial charge on any atom is -0.379 e. The van der Waals surface area contributed by atoms with Gasteiger partial charge in [-0.1, -0.05) is 117 Å². The van der Waals surface area contributed by atoms with Crippen molar-refractivity contribution in [1.82, 2.24) is 0 Å². The van der Waals surface area contributed by atoms with Crippen molar-refractivity contribution in [3.8, 4) is 0 Å². The van der Waals surface area contributed by atoms with E-state index in [4.69, 9.17) is 4.99 Å². The second-order valence-corrected chi connectivity index (χ2v) is 12.6. The first kappa shape index (κ1) is 25.2. The van der Waals surface area contributed by atoms with Gasteiger partial charge in [-0.25, -0.2) is 0 Å². The summed E-state index contributed by atoms with van der Waals surface area (Å²) in [5.41, 5.74) is 2.40. The van der Waals surface area contributed by atoms with Crippen LogP contribution in [-0.2, 0) is 5.60 Å². The highest BCUT2D eigenvalue weighted by Gasteiger charge is 2.71. The van der Waals surface area contributed by atoms with Gasteiger partial charge in [0, 0.05) is 5.71 Å². The summed E-state index contributed by atoms with van der Waals surface area (Å²) in [7, 11) is 0. The molecule has 0 saturated heterocycles. The van der Waals surface area contributed by atoms with E-state index in [0.717, 1.165) is 41.2 Å². The summed E-state index contributed by atoms with van der Waals surface area (Å²) in [4.78, 5) is 5.50. The second kappa shape index (κ2) is 9.14. The monoisotopic (exact) mass is 523 g/mol. The zero-order valence-corrected chi connectivity index (χ0v) is 23.6. The Morgan fingerprint density at radius 1 is 0.725 bits per heavy atom. The number of hydrogen-bond donors (Lipinski definition) is 1. The normalized spacial score (nSPS) is 23.7. The minimum absolute atomic E-state index is 0.0284. The highest BCUT2D eigenvalue weighted by molar-refractivity contribution is 5.97. The van der Waals surface area contributed by atoms with Crippen LogP contribution < -0.4 is 0 Å². The molecule has 3 atom stereocenters. The lowest BCUT2D eigenvalue weighted by Gasteiger charge is -2.51. The molecule has 2 heteroatoms. The maximum Gasteiger partial charge on any atom is 0.126 e. The number of benzene rings is 5. The average Bonchev–Trinajstić information content (AvgIpc) is 3.38. The summed E-state index contributed by atoms with van der Waals surface area (Å²) in [6, 6.07) is 40.6. The van der Waals surface area contributed by atoms with Crippen molar-refractivity contribution in [2.45, 2.75) is 51.7 Å². The number of fused-ring (bicyclic) bond motifs is 4. The van der Waals surface area contributed by atoms with Crippen LogP contribution in [0.2, 0.25) is 0 Å². The van der Waals surface area contributed by atoms with Crippen LogP contribution in [0.5, 0.6) is 0 Å². The Hall–Kier alpha value is -3.75. The van der Waals surface area contributed by atoms with Crippen molar-refractivity contribution in [2.24, 2.45) is 21.7 Å². The molecule has 5 aromatic rings. The number of aliphatic imine (C=N–C) groups is 1. The van der Waals surface area contributed by atoms with E-state index in [1.54, 1.807) is 0 Å². The Bertz CT molecular complexity index is 1670. The third kappa shape index (κ3) is 3.48.